The Bertz CT molecular complexity index is 797. The number of nitrogens with zero attached hydrogens (tertiary/aromatic N) is 2. The minimum absolute atomic E-state index is 0.0801. The minimum Gasteiger partial charge on any atom is -0.383 e. The molecule has 2 aromatic carbocycles. The summed E-state index contributed by atoms with van der Waals surface area (Å²) in [6, 6.07) is 14.3. The standard InChI is InChI=1S/C16H13ClFN3/c1-21-15(19)14(11-7-8-12(17)13(18)9-11)20-16(21)10-5-3-2-4-6-10/h2-9H,19H2,1H3. The van der Waals surface area contributed by atoms with Crippen LogP contribution in [-0.2, 0) is 7.05 Å². The van der Waals surface area contributed by atoms with Crippen molar-refractivity contribution in [2.24, 2.45) is 7.05 Å². The molecule has 106 valence electrons. The third-order valence-electron chi connectivity index (χ3n) is 3.36. The average Bonchev–Trinajstić information content (AvgIpc) is 2.79. The molecule has 0 fully saturated rings. The second-order valence-electron chi connectivity index (χ2n) is 4.72. The van der Waals surface area contributed by atoms with Crippen LogP contribution in [0.1, 0.15) is 0 Å². The number of nitrogens with two attached hydrogens (primary N) is 1. The molecule has 0 aliphatic carbocycles. The van der Waals surface area contributed by atoms with Gasteiger partial charge in [0.1, 0.15) is 23.2 Å². The van der Waals surface area contributed by atoms with Crippen molar-refractivity contribution < 1.29 is 4.39 Å². The molecular formula is C16H13ClFN3. The van der Waals surface area contributed by atoms with E-state index in [4.69, 9.17) is 17.3 Å². The Balaban J connectivity index is 2.15. The number of halogens is 2. The predicted octanol–water partition coefficient (Wildman–Crippen LogP) is 4.13. The normalized spacial score (nSPS) is 10.8. The molecule has 5 heteroatoms. The zero-order valence-electron chi connectivity index (χ0n) is 11.3. The zero-order valence-corrected chi connectivity index (χ0v) is 12.1. The Morgan fingerprint density at radius 1 is 1.10 bits per heavy atom. The lowest BCUT2D eigenvalue weighted by molar-refractivity contribution is 0.628. The second kappa shape index (κ2) is 5.22. The van der Waals surface area contributed by atoms with Crippen LogP contribution in [0, 0.1) is 5.82 Å². The first-order chi connectivity index (χ1) is 10.1. The number of aromatic nitrogens is 2. The maximum atomic E-state index is 13.6. The van der Waals surface area contributed by atoms with Crippen molar-refractivity contribution in [3.8, 4) is 22.6 Å². The van der Waals surface area contributed by atoms with Crippen LogP contribution in [-0.4, -0.2) is 9.55 Å². The van der Waals surface area contributed by atoms with Gasteiger partial charge in [-0.15, -0.1) is 0 Å². The fraction of sp³-hybridized carbons (Fsp3) is 0.0625. The molecule has 0 radical (unpaired) electrons. The zero-order chi connectivity index (χ0) is 15.0. The Labute approximate surface area is 126 Å². The van der Waals surface area contributed by atoms with E-state index in [1.165, 1.54) is 12.1 Å². The Morgan fingerprint density at radius 2 is 1.81 bits per heavy atom. The van der Waals surface area contributed by atoms with E-state index >= 15 is 0 Å². The van der Waals surface area contributed by atoms with E-state index in [9.17, 15) is 4.39 Å². The van der Waals surface area contributed by atoms with Gasteiger partial charge in [-0.25, -0.2) is 9.37 Å². The first kappa shape index (κ1) is 13.6. The SMILES string of the molecule is Cn1c(-c2ccccc2)nc(-c2ccc(Cl)c(F)c2)c1N. The summed E-state index contributed by atoms with van der Waals surface area (Å²) in [6.07, 6.45) is 0. The molecule has 3 nitrogen and oxygen atoms in total. The smallest absolute Gasteiger partial charge is 0.142 e. The summed E-state index contributed by atoms with van der Waals surface area (Å²) in [6.45, 7) is 0. The maximum absolute atomic E-state index is 13.6. The van der Waals surface area contributed by atoms with Gasteiger partial charge in [-0.05, 0) is 12.1 Å². The highest BCUT2D eigenvalue weighted by atomic mass is 35.5. The van der Waals surface area contributed by atoms with Gasteiger partial charge in [0.15, 0.2) is 0 Å². The van der Waals surface area contributed by atoms with Crippen LogP contribution < -0.4 is 5.73 Å². The summed E-state index contributed by atoms with van der Waals surface area (Å²) in [7, 11) is 1.83. The monoisotopic (exact) mass is 301 g/mol. The van der Waals surface area contributed by atoms with E-state index in [1.54, 1.807) is 10.6 Å². The molecule has 0 saturated heterocycles. The van der Waals surface area contributed by atoms with E-state index < -0.39 is 5.82 Å². The highest BCUT2D eigenvalue weighted by Crippen LogP contribution is 2.31. The topological polar surface area (TPSA) is 43.8 Å². The summed E-state index contributed by atoms with van der Waals surface area (Å²) in [5.74, 6) is 0.731. The van der Waals surface area contributed by atoms with Crippen LogP contribution in [0.25, 0.3) is 22.6 Å². The van der Waals surface area contributed by atoms with Gasteiger partial charge in [0.25, 0.3) is 0 Å². The van der Waals surface area contributed by atoms with Gasteiger partial charge in [-0.3, -0.25) is 0 Å². The van der Waals surface area contributed by atoms with Gasteiger partial charge >= 0.3 is 0 Å². The lowest BCUT2D eigenvalue weighted by Crippen LogP contribution is -1.98. The van der Waals surface area contributed by atoms with Crippen LogP contribution in [0.15, 0.2) is 48.5 Å². The molecule has 0 aliphatic heterocycles. The number of anilines is 1. The van der Waals surface area contributed by atoms with Gasteiger partial charge in [-0.1, -0.05) is 48.0 Å². The number of benzene rings is 2. The first-order valence-corrected chi connectivity index (χ1v) is 6.78. The third kappa shape index (κ3) is 2.38. The van der Waals surface area contributed by atoms with Crippen molar-refractivity contribution in [1.82, 2.24) is 9.55 Å². The van der Waals surface area contributed by atoms with Gasteiger partial charge in [0, 0.05) is 18.2 Å². The Hall–Kier alpha value is -2.33. The van der Waals surface area contributed by atoms with E-state index in [0.29, 0.717) is 17.1 Å². The highest BCUT2D eigenvalue weighted by molar-refractivity contribution is 6.30. The van der Waals surface area contributed by atoms with Crippen LogP contribution >= 0.6 is 11.6 Å². The van der Waals surface area contributed by atoms with Gasteiger partial charge in [-0.2, -0.15) is 0 Å². The number of imidazole rings is 1. The van der Waals surface area contributed by atoms with Crippen LogP contribution in [0.5, 0.6) is 0 Å². The van der Waals surface area contributed by atoms with E-state index in [0.717, 1.165) is 11.4 Å². The van der Waals surface area contributed by atoms with Crippen molar-refractivity contribution in [3.05, 3.63) is 59.4 Å². The van der Waals surface area contributed by atoms with Crippen molar-refractivity contribution in [3.63, 3.8) is 0 Å². The van der Waals surface area contributed by atoms with Crippen molar-refractivity contribution in [2.75, 3.05) is 5.73 Å². The van der Waals surface area contributed by atoms with Crippen molar-refractivity contribution in [1.29, 1.82) is 0 Å². The second-order valence-corrected chi connectivity index (χ2v) is 5.13. The van der Waals surface area contributed by atoms with Gasteiger partial charge in [0.2, 0.25) is 0 Å². The molecule has 21 heavy (non-hydrogen) atoms. The van der Waals surface area contributed by atoms with Crippen LogP contribution in [0.3, 0.4) is 0 Å². The molecule has 3 rings (SSSR count). The van der Waals surface area contributed by atoms with Gasteiger partial charge in [0.05, 0.1) is 5.02 Å². The van der Waals surface area contributed by atoms with E-state index in [2.05, 4.69) is 4.98 Å². The van der Waals surface area contributed by atoms with Crippen molar-refractivity contribution in [2.45, 2.75) is 0 Å². The fourth-order valence-corrected chi connectivity index (χ4v) is 2.33. The molecule has 0 aliphatic rings. The summed E-state index contributed by atoms with van der Waals surface area (Å²) in [4.78, 5) is 4.55. The molecule has 2 N–H and O–H groups in total. The van der Waals surface area contributed by atoms with Crippen LogP contribution in [0.4, 0.5) is 10.2 Å². The lowest BCUT2D eigenvalue weighted by Gasteiger charge is -2.02. The summed E-state index contributed by atoms with van der Waals surface area (Å²) >= 11 is 5.71. The lowest BCUT2D eigenvalue weighted by atomic mass is 10.1. The summed E-state index contributed by atoms with van der Waals surface area (Å²) in [5.41, 5.74) is 8.21. The predicted molar refractivity (Wildman–Crippen MR) is 83.5 cm³/mol. The molecule has 0 saturated carbocycles. The summed E-state index contributed by atoms with van der Waals surface area (Å²) < 4.78 is 15.4. The highest BCUT2D eigenvalue weighted by Gasteiger charge is 2.16. The fourth-order valence-electron chi connectivity index (χ4n) is 2.21. The number of nitrogen functional groups attached to an aromatic ring is 1. The van der Waals surface area contributed by atoms with Gasteiger partial charge < -0.3 is 10.3 Å². The number of hydrogen-bond donors (Lipinski definition) is 1. The molecule has 3 aromatic rings. The maximum Gasteiger partial charge on any atom is 0.142 e. The number of hydrogen-bond acceptors (Lipinski definition) is 2. The third-order valence-corrected chi connectivity index (χ3v) is 3.67. The molecule has 1 aromatic heterocycles. The molecule has 1 heterocycles. The average molecular weight is 302 g/mol. The minimum atomic E-state index is -0.486. The Morgan fingerprint density at radius 3 is 2.48 bits per heavy atom. The van der Waals surface area contributed by atoms with Crippen LogP contribution in [0.2, 0.25) is 5.02 Å². The summed E-state index contributed by atoms with van der Waals surface area (Å²) in [5, 5.41) is 0.0801. The first-order valence-electron chi connectivity index (χ1n) is 6.41. The molecule has 0 amide bonds. The quantitative estimate of drug-likeness (QED) is 0.773. The molecule has 0 atom stereocenters. The van der Waals surface area contributed by atoms with E-state index in [1.807, 2.05) is 37.4 Å². The number of rotatable bonds is 2. The Kier molecular flexibility index (Phi) is 3.39. The van der Waals surface area contributed by atoms with Crippen molar-refractivity contribution >= 4 is 17.4 Å². The van der Waals surface area contributed by atoms with E-state index in [-0.39, 0.29) is 5.02 Å². The molecule has 0 unspecified atom stereocenters. The molecule has 0 bridgehead atoms. The molecule has 0 spiro atoms. The largest absolute Gasteiger partial charge is 0.383 e. The molecular weight excluding hydrogens is 289 g/mol.